The molecule has 0 aromatic carbocycles. The van der Waals surface area contributed by atoms with Crippen LogP contribution in [0.1, 0.15) is 41.3 Å². The highest BCUT2D eigenvalue weighted by Gasteiger charge is 2.16. The predicted molar refractivity (Wildman–Crippen MR) is 70.9 cm³/mol. The Morgan fingerprint density at radius 2 is 2.26 bits per heavy atom. The highest BCUT2D eigenvalue weighted by atomic mass is 16.2. The summed E-state index contributed by atoms with van der Waals surface area (Å²) in [7, 11) is 0. The summed E-state index contributed by atoms with van der Waals surface area (Å²) in [5.74, 6) is 0.495. The van der Waals surface area contributed by atoms with Gasteiger partial charge in [-0.15, -0.1) is 0 Å². The molecule has 0 radical (unpaired) electrons. The summed E-state index contributed by atoms with van der Waals surface area (Å²) in [5.41, 5.74) is 1.14. The molecule has 0 fully saturated rings. The molecule has 0 saturated carbocycles. The van der Waals surface area contributed by atoms with E-state index in [2.05, 4.69) is 20.3 Å². The second kappa shape index (κ2) is 5.51. The maximum Gasteiger partial charge on any atom is 0.253 e. The summed E-state index contributed by atoms with van der Waals surface area (Å²) >= 11 is 0. The largest absolute Gasteiger partial charge is 0.344 e. The Hall–Kier alpha value is -2.37. The Balaban J connectivity index is 2.12. The summed E-state index contributed by atoms with van der Waals surface area (Å²) in [5, 5.41) is 2.88. The Morgan fingerprint density at radius 3 is 2.79 bits per heavy atom. The molecule has 2 rings (SSSR count). The van der Waals surface area contributed by atoms with E-state index in [0.717, 1.165) is 17.9 Å². The van der Waals surface area contributed by atoms with Gasteiger partial charge in [0.15, 0.2) is 0 Å². The van der Waals surface area contributed by atoms with E-state index in [4.69, 9.17) is 0 Å². The molecule has 2 aromatic rings. The van der Waals surface area contributed by atoms with E-state index in [1.54, 1.807) is 6.20 Å². The van der Waals surface area contributed by atoms with E-state index in [1.807, 2.05) is 13.8 Å². The van der Waals surface area contributed by atoms with Gasteiger partial charge >= 0.3 is 0 Å². The zero-order chi connectivity index (χ0) is 13.8. The van der Waals surface area contributed by atoms with Gasteiger partial charge in [0.25, 0.3) is 5.91 Å². The molecule has 0 bridgehead atoms. The second-order valence-electron chi connectivity index (χ2n) is 4.33. The maximum atomic E-state index is 12.0. The summed E-state index contributed by atoms with van der Waals surface area (Å²) in [6, 6.07) is 2.65. The average Bonchev–Trinajstić information content (AvgIpc) is 2.83. The van der Waals surface area contributed by atoms with Crippen molar-refractivity contribution >= 4 is 5.91 Å². The third kappa shape index (κ3) is 3.09. The first-order valence-electron chi connectivity index (χ1n) is 6.11. The van der Waals surface area contributed by atoms with Gasteiger partial charge < -0.3 is 15.3 Å². The molecule has 2 aromatic heterocycles. The van der Waals surface area contributed by atoms with Gasteiger partial charge in [0, 0.05) is 24.2 Å². The SMILES string of the molecule is CCC(NC(=O)c1ccc(=O)[nH]c1)c1ncc(C)[nH]1. The van der Waals surface area contributed by atoms with Crippen molar-refractivity contribution in [1.82, 2.24) is 20.3 Å². The molecule has 0 aliphatic rings. The quantitative estimate of drug-likeness (QED) is 0.773. The molecule has 0 aliphatic heterocycles. The molecular formula is C13H16N4O2. The van der Waals surface area contributed by atoms with Crippen molar-refractivity contribution in [3.63, 3.8) is 0 Å². The number of amides is 1. The van der Waals surface area contributed by atoms with Crippen molar-refractivity contribution in [3.05, 3.63) is 52.0 Å². The van der Waals surface area contributed by atoms with E-state index in [0.29, 0.717) is 5.56 Å². The number of hydrogen-bond acceptors (Lipinski definition) is 3. The number of carbonyl (C=O) groups excluding carboxylic acids is 1. The van der Waals surface area contributed by atoms with Crippen LogP contribution >= 0.6 is 0 Å². The van der Waals surface area contributed by atoms with Crippen molar-refractivity contribution in [2.45, 2.75) is 26.3 Å². The van der Waals surface area contributed by atoms with Crippen LogP contribution in [-0.2, 0) is 0 Å². The Kier molecular flexibility index (Phi) is 3.79. The van der Waals surface area contributed by atoms with E-state index in [1.165, 1.54) is 18.3 Å². The number of aromatic amines is 2. The van der Waals surface area contributed by atoms with Gasteiger partial charge in [-0.2, -0.15) is 0 Å². The van der Waals surface area contributed by atoms with Crippen molar-refractivity contribution in [2.75, 3.05) is 0 Å². The van der Waals surface area contributed by atoms with Crippen LogP contribution in [0.2, 0.25) is 0 Å². The molecule has 1 unspecified atom stereocenters. The highest BCUT2D eigenvalue weighted by molar-refractivity contribution is 5.94. The number of nitrogens with zero attached hydrogens (tertiary/aromatic N) is 1. The molecule has 6 heteroatoms. The van der Waals surface area contributed by atoms with Gasteiger partial charge in [-0.1, -0.05) is 6.92 Å². The average molecular weight is 260 g/mol. The van der Waals surface area contributed by atoms with Gasteiger partial charge in [0.2, 0.25) is 5.56 Å². The third-order valence-corrected chi connectivity index (χ3v) is 2.81. The molecule has 1 atom stereocenters. The van der Waals surface area contributed by atoms with Gasteiger partial charge in [0.1, 0.15) is 5.82 Å². The first-order valence-corrected chi connectivity index (χ1v) is 6.11. The number of rotatable bonds is 4. The Bertz CT molecular complexity index is 609. The van der Waals surface area contributed by atoms with Crippen LogP contribution in [0.5, 0.6) is 0 Å². The third-order valence-electron chi connectivity index (χ3n) is 2.81. The zero-order valence-electron chi connectivity index (χ0n) is 10.9. The summed E-state index contributed by atoms with van der Waals surface area (Å²) < 4.78 is 0. The lowest BCUT2D eigenvalue weighted by Gasteiger charge is -2.14. The van der Waals surface area contributed by atoms with Crippen LogP contribution in [0.3, 0.4) is 0 Å². The second-order valence-corrected chi connectivity index (χ2v) is 4.33. The highest BCUT2D eigenvalue weighted by Crippen LogP contribution is 2.13. The lowest BCUT2D eigenvalue weighted by Crippen LogP contribution is -2.29. The van der Waals surface area contributed by atoms with E-state index in [9.17, 15) is 9.59 Å². The first kappa shape index (κ1) is 13.1. The van der Waals surface area contributed by atoms with Gasteiger partial charge in [-0.05, 0) is 19.4 Å². The fraction of sp³-hybridized carbons (Fsp3) is 0.308. The number of aryl methyl sites for hydroxylation is 1. The minimum atomic E-state index is -0.239. The standard InChI is InChI=1S/C13H16N4O2/c1-3-10(12-15-6-8(2)16-12)17-13(19)9-4-5-11(18)14-7-9/h4-7,10H,3H2,1-2H3,(H,14,18)(H,15,16)(H,17,19). The van der Waals surface area contributed by atoms with Crippen molar-refractivity contribution in [2.24, 2.45) is 0 Å². The number of imidazole rings is 1. The summed E-state index contributed by atoms with van der Waals surface area (Å²) in [6.07, 6.45) is 3.85. The molecule has 6 nitrogen and oxygen atoms in total. The van der Waals surface area contributed by atoms with E-state index >= 15 is 0 Å². The fourth-order valence-electron chi connectivity index (χ4n) is 1.77. The van der Waals surface area contributed by atoms with Gasteiger partial charge in [-0.3, -0.25) is 9.59 Å². The van der Waals surface area contributed by atoms with Crippen molar-refractivity contribution in [3.8, 4) is 0 Å². The van der Waals surface area contributed by atoms with Crippen LogP contribution < -0.4 is 10.9 Å². The van der Waals surface area contributed by atoms with Crippen LogP contribution in [0, 0.1) is 6.92 Å². The molecular weight excluding hydrogens is 244 g/mol. The number of carbonyl (C=O) groups is 1. The predicted octanol–water partition coefficient (Wildman–Crippen LogP) is 1.29. The molecule has 0 aliphatic carbocycles. The number of nitrogens with one attached hydrogen (secondary N) is 3. The Labute approximate surface area is 110 Å². The number of H-pyrrole nitrogens is 2. The molecule has 0 saturated heterocycles. The fourth-order valence-corrected chi connectivity index (χ4v) is 1.77. The molecule has 100 valence electrons. The lowest BCUT2D eigenvalue weighted by molar-refractivity contribution is 0.0933. The summed E-state index contributed by atoms with van der Waals surface area (Å²) in [4.78, 5) is 32.8. The van der Waals surface area contributed by atoms with Crippen LogP contribution in [-0.4, -0.2) is 20.9 Å². The molecule has 0 spiro atoms. The van der Waals surface area contributed by atoms with Crippen molar-refractivity contribution < 1.29 is 4.79 Å². The monoisotopic (exact) mass is 260 g/mol. The van der Waals surface area contributed by atoms with E-state index < -0.39 is 0 Å². The normalized spacial score (nSPS) is 12.1. The van der Waals surface area contributed by atoms with Gasteiger partial charge in [0.05, 0.1) is 11.6 Å². The summed E-state index contributed by atoms with van der Waals surface area (Å²) in [6.45, 7) is 3.88. The first-order chi connectivity index (χ1) is 9.10. The minimum Gasteiger partial charge on any atom is -0.344 e. The topological polar surface area (TPSA) is 90.6 Å². The van der Waals surface area contributed by atoms with E-state index in [-0.39, 0.29) is 17.5 Å². The lowest BCUT2D eigenvalue weighted by atomic mass is 10.2. The van der Waals surface area contributed by atoms with Crippen LogP contribution in [0.4, 0.5) is 0 Å². The Morgan fingerprint density at radius 1 is 1.47 bits per heavy atom. The zero-order valence-corrected chi connectivity index (χ0v) is 10.9. The number of hydrogen-bond donors (Lipinski definition) is 3. The molecule has 19 heavy (non-hydrogen) atoms. The number of pyridine rings is 1. The van der Waals surface area contributed by atoms with Gasteiger partial charge in [-0.25, -0.2) is 4.98 Å². The maximum absolute atomic E-state index is 12.0. The molecule has 1 amide bonds. The van der Waals surface area contributed by atoms with Crippen molar-refractivity contribution in [1.29, 1.82) is 0 Å². The number of aromatic nitrogens is 3. The molecule has 2 heterocycles. The smallest absolute Gasteiger partial charge is 0.253 e. The molecule has 3 N–H and O–H groups in total. The van der Waals surface area contributed by atoms with Crippen LogP contribution in [0.25, 0.3) is 0 Å². The minimum absolute atomic E-state index is 0.173. The van der Waals surface area contributed by atoms with Crippen LogP contribution in [0.15, 0.2) is 29.3 Å².